The molecule has 1 saturated heterocycles. The summed E-state index contributed by atoms with van der Waals surface area (Å²) >= 11 is 3.32. The van der Waals surface area contributed by atoms with Crippen LogP contribution in [-0.2, 0) is 14.4 Å². The maximum Gasteiger partial charge on any atom is 0.326 e. The van der Waals surface area contributed by atoms with E-state index in [0.29, 0.717) is 25.1 Å². The highest BCUT2D eigenvalue weighted by Gasteiger charge is 2.35. The van der Waals surface area contributed by atoms with Gasteiger partial charge in [0.05, 0.1) is 6.54 Å². The number of aliphatic carboxylic acids is 1. The zero-order valence-electron chi connectivity index (χ0n) is 14.1. The van der Waals surface area contributed by atoms with Crippen molar-refractivity contribution in [1.82, 2.24) is 10.2 Å². The van der Waals surface area contributed by atoms with Gasteiger partial charge in [-0.3, -0.25) is 9.59 Å². The number of halogens is 1. The third kappa shape index (κ3) is 4.94. The molecule has 0 spiro atoms. The van der Waals surface area contributed by atoms with Crippen LogP contribution in [0, 0.1) is 0 Å². The van der Waals surface area contributed by atoms with Crippen molar-refractivity contribution in [3.63, 3.8) is 0 Å². The first kappa shape index (κ1) is 19.2. The number of carboxylic acids is 1. The maximum atomic E-state index is 12.3. The Morgan fingerprint density at radius 3 is 2.56 bits per heavy atom. The number of carbonyl (C=O) groups is 3. The summed E-state index contributed by atoms with van der Waals surface area (Å²) < 4.78 is 6.58. The second-order valence-corrected chi connectivity index (χ2v) is 7.25. The zero-order chi connectivity index (χ0) is 18.6. The molecule has 8 heteroatoms. The van der Waals surface area contributed by atoms with Gasteiger partial charge in [-0.1, -0.05) is 15.9 Å². The van der Waals surface area contributed by atoms with Gasteiger partial charge in [0, 0.05) is 11.0 Å². The highest BCUT2D eigenvalue weighted by molar-refractivity contribution is 9.10. The predicted octanol–water partition coefficient (Wildman–Crippen LogP) is 1.80. The lowest BCUT2D eigenvalue weighted by molar-refractivity contribution is -0.148. The third-order valence-electron chi connectivity index (χ3n) is 3.99. The van der Waals surface area contributed by atoms with E-state index >= 15 is 0 Å². The van der Waals surface area contributed by atoms with Gasteiger partial charge >= 0.3 is 5.97 Å². The monoisotopic (exact) mass is 412 g/mol. The van der Waals surface area contributed by atoms with Crippen molar-refractivity contribution >= 4 is 33.7 Å². The van der Waals surface area contributed by atoms with E-state index < -0.39 is 29.4 Å². The van der Waals surface area contributed by atoms with Gasteiger partial charge in [-0.2, -0.15) is 0 Å². The molecule has 1 aromatic rings. The molecular formula is C17H21BrN2O5. The molecule has 0 saturated carbocycles. The minimum atomic E-state index is -1.18. The summed E-state index contributed by atoms with van der Waals surface area (Å²) in [7, 11) is 0. The van der Waals surface area contributed by atoms with Gasteiger partial charge in [0.2, 0.25) is 5.91 Å². The topological polar surface area (TPSA) is 95.9 Å². The van der Waals surface area contributed by atoms with Crippen molar-refractivity contribution in [2.24, 2.45) is 0 Å². The number of hydrogen-bond donors (Lipinski definition) is 2. The first-order chi connectivity index (χ1) is 11.7. The number of amides is 2. The van der Waals surface area contributed by atoms with Gasteiger partial charge in [-0.25, -0.2) is 4.79 Å². The minimum absolute atomic E-state index is 0.254. The highest BCUT2D eigenvalue weighted by atomic mass is 79.9. The van der Waals surface area contributed by atoms with Crippen LogP contribution in [0.5, 0.6) is 5.75 Å². The van der Waals surface area contributed by atoms with E-state index in [9.17, 15) is 14.4 Å². The molecular weight excluding hydrogens is 392 g/mol. The summed E-state index contributed by atoms with van der Waals surface area (Å²) in [5, 5.41) is 11.7. The van der Waals surface area contributed by atoms with Gasteiger partial charge in [-0.15, -0.1) is 0 Å². The highest BCUT2D eigenvalue weighted by Crippen LogP contribution is 2.21. The van der Waals surface area contributed by atoms with Crippen LogP contribution in [0.25, 0.3) is 0 Å². The molecule has 2 N–H and O–H groups in total. The molecule has 136 valence electrons. The molecule has 1 heterocycles. The third-order valence-corrected chi connectivity index (χ3v) is 4.52. The summed E-state index contributed by atoms with van der Waals surface area (Å²) in [4.78, 5) is 37.0. The van der Waals surface area contributed by atoms with Gasteiger partial charge < -0.3 is 20.1 Å². The van der Waals surface area contributed by atoms with Crippen LogP contribution >= 0.6 is 15.9 Å². The predicted molar refractivity (Wildman–Crippen MR) is 94.2 cm³/mol. The standard InChI is InChI=1S/C17H21BrN2O5/c1-17(2,25-12-7-5-11(18)6-8-12)16(24)19-10-14(21)20-9-3-4-13(20)15(22)23/h5-8,13H,3-4,9-10H2,1-2H3,(H,19,24)(H,22,23)/t13-/m0/s1. The first-order valence-electron chi connectivity index (χ1n) is 7.96. The van der Waals surface area contributed by atoms with Crippen molar-refractivity contribution in [3.05, 3.63) is 28.7 Å². The fourth-order valence-corrected chi connectivity index (χ4v) is 2.90. The van der Waals surface area contributed by atoms with E-state index in [1.165, 1.54) is 4.90 Å². The molecule has 0 aliphatic carbocycles. The summed E-state index contributed by atoms with van der Waals surface area (Å²) in [6, 6.07) is 6.24. The SMILES string of the molecule is CC(C)(Oc1ccc(Br)cc1)C(=O)NCC(=O)N1CCC[C@H]1C(=O)O. The molecule has 7 nitrogen and oxygen atoms in total. The quantitative estimate of drug-likeness (QED) is 0.742. The maximum absolute atomic E-state index is 12.3. The molecule has 1 atom stereocenters. The Bertz CT molecular complexity index is 660. The first-order valence-corrected chi connectivity index (χ1v) is 8.75. The van der Waals surface area contributed by atoms with E-state index in [1.54, 1.807) is 38.1 Å². The molecule has 2 rings (SSSR count). The van der Waals surface area contributed by atoms with Gasteiger partial charge in [0.25, 0.3) is 5.91 Å². The van der Waals surface area contributed by atoms with Crippen molar-refractivity contribution in [2.75, 3.05) is 13.1 Å². The molecule has 0 aromatic heterocycles. The van der Waals surface area contributed by atoms with Gasteiger partial charge in [-0.05, 0) is 51.0 Å². The number of hydrogen-bond acceptors (Lipinski definition) is 4. The van der Waals surface area contributed by atoms with E-state index in [-0.39, 0.29) is 6.54 Å². The van der Waals surface area contributed by atoms with Crippen molar-refractivity contribution in [2.45, 2.75) is 38.3 Å². The zero-order valence-corrected chi connectivity index (χ0v) is 15.7. The Morgan fingerprint density at radius 1 is 1.32 bits per heavy atom. The Morgan fingerprint density at radius 2 is 1.96 bits per heavy atom. The normalized spacial score (nSPS) is 17.2. The summed E-state index contributed by atoms with van der Waals surface area (Å²) in [5.74, 6) is -1.34. The van der Waals surface area contributed by atoms with Crippen LogP contribution < -0.4 is 10.1 Å². The fourth-order valence-electron chi connectivity index (χ4n) is 2.64. The van der Waals surface area contributed by atoms with E-state index in [4.69, 9.17) is 9.84 Å². The smallest absolute Gasteiger partial charge is 0.326 e. The van der Waals surface area contributed by atoms with Crippen LogP contribution in [-0.4, -0.2) is 52.5 Å². The number of carbonyl (C=O) groups excluding carboxylic acids is 2. The molecule has 25 heavy (non-hydrogen) atoms. The Balaban J connectivity index is 1.90. The van der Waals surface area contributed by atoms with Crippen LogP contribution in [0.1, 0.15) is 26.7 Å². The van der Waals surface area contributed by atoms with Crippen molar-refractivity contribution in [1.29, 1.82) is 0 Å². The summed E-state index contributed by atoms with van der Waals surface area (Å²) in [5.41, 5.74) is -1.18. The molecule has 1 aliphatic rings. The summed E-state index contributed by atoms with van der Waals surface area (Å²) in [6.45, 7) is 3.34. The second kappa shape index (κ2) is 7.86. The molecule has 1 fully saturated rings. The molecule has 0 unspecified atom stereocenters. The summed E-state index contributed by atoms with van der Waals surface area (Å²) in [6.07, 6.45) is 1.09. The molecule has 0 radical (unpaired) electrons. The van der Waals surface area contributed by atoms with Crippen LogP contribution in [0.3, 0.4) is 0 Å². The van der Waals surface area contributed by atoms with Crippen LogP contribution in [0.2, 0.25) is 0 Å². The number of rotatable bonds is 6. The average molecular weight is 413 g/mol. The number of likely N-dealkylation sites (tertiary alicyclic amines) is 1. The average Bonchev–Trinajstić information content (AvgIpc) is 3.04. The molecule has 1 aliphatic heterocycles. The van der Waals surface area contributed by atoms with Gasteiger partial charge in [0.15, 0.2) is 5.60 Å². The lowest BCUT2D eigenvalue weighted by Crippen LogP contribution is -2.51. The number of carboxylic acid groups (broad SMARTS) is 1. The second-order valence-electron chi connectivity index (χ2n) is 6.33. The Kier molecular flexibility index (Phi) is 6.05. The molecule has 0 bridgehead atoms. The fraction of sp³-hybridized carbons (Fsp3) is 0.471. The van der Waals surface area contributed by atoms with E-state index in [1.807, 2.05) is 0 Å². The Hall–Kier alpha value is -2.09. The lowest BCUT2D eigenvalue weighted by Gasteiger charge is -2.26. The van der Waals surface area contributed by atoms with E-state index in [0.717, 1.165) is 4.47 Å². The number of benzene rings is 1. The largest absolute Gasteiger partial charge is 0.480 e. The van der Waals surface area contributed by atoms with Crippen LogP contribution in [0.15, 0.2) is 28.7 Å². The minimum Gasteiger partial charge on any atom is -0.480 e. The number of nitrogens with one attached hydrogen (secondary N) is 1. The molecule has 1 aromatic carbocycles. The van der Waals surface area contributed by atoms with Crippen molar-refractivity contribution in [3.8, 4) is 5.75 Å². The lowest BCUT2D eigenvalue weighted by atomic mass is 10.1. The van der Waals surface area contributed by atoms with Gasteiger partial charge in [0.1, 0.15) is 11.8 Å². The number of nitrogens with zero attached hydrogens (tertiary/aromatic N) is 1. The molecule has 2 amide bonds. The number of ether oxygens (including phenoxy) is 1. The van der Waals surface area contributed by atoms with Crippen LogP contribution in [0.4, 0.5) is 0 Å². The van der Waals surface area contributed by atoms with Crippen molar-refractivity contribution < 1.29 is 24.2 Å². The van der Waals surface area contributed by atoms with E-state index in [2.05, 4.69) is 21.2 Å². The Labute approximate surface area is 154 Å².